The van der Waals surface area contributed by atoms with Crippen molar-refractivity contribution in [3.05, 3.63) is 0 Å². The summed E-state index contributed by atoms with van der Waals surface area (Å²) in [5, 5.41) is 40.7. The molecule has 0 bridgehead atoms. The highest BCUT2D eigenvalue weighted by molar-refractivity contribution is 5.66. The molecule has 172 valence electrons. The molecule has 30 heavy (non-hydrogen) atoms. The SMILES string of the molecule is CC.CC(C#N)CCC(=O)O.CC(C)C#N.CC(C)CC(C)C#N.CCC(C)C#N. The third kappa shape index (κ3) is 56.2. The number of hydrogen-bond acceptors (Lipinski definition) is 5. The van der Waals surface area contributed by atoms with E-state index in [1.807, 2.05) is 60.6 Å². The number of carbonyl (C=O) groups is 1. The average Bonchev–Trinajstić information content (AvgIpc) is 2.73. The number of nitrogens with zero attached hydrogens (tertiary/aromatic N) is 4. The van der Waals surface area contributed by atoms with Crippen LogP contribution < -0.4 is 0 Å². The zero-order valence-electron chi connectivity index (χ0n) is 20.9. The first-order valence-electron chi connectivity index (χ1n) is 10.7. The van der Waals surface area contributed by atoms with E-state index in [1.165, 1.54) is 0 Å². The molecule has 3 unspecified atom stereocenters. The van der Waals surface area contributed by atoms with Crippen LogP contribution in [0.3, 0.4) is 0 Å². The van der Waals surface area contributed by atoms with Gasteiger partial charge in [0.2, 0.25) is 0 Å². The van der Waals surface area contributed by atoms with E-state index in [-0.39, 0.29) is 30.1 Å². The Morgan fingerprint density at radius 2 is 1.13 bits per heavy atom. The number of nitriles is 4. The molecule has 6 heteroatoms. The number of carboxylic acids is 1. The molecule has 0 aliphatic carbocycles. The first kappa shape index (κ1) is 38.1. The highest BCUT2D eigenvalue weighted by Crippen LogP contribution is 2.08. The van der Waals surface area contributed by atoms with E-state index in [1.54, 1.807) is 6.92 Å². The number of carboxylic acid groups (broad SMARTS) is 1. The van der Waals surface area contributed by atoms with Crippen LogP contribution in [0.1, 0.15) is 94.9 Å². The van der Waals surface area contributed by atoms with Crippen LogP contribution in [-0.4, -0.2) is 11.1 Å². The molecule has 0 aliphatic heterocycles. The fraction of sp³-hybridized carbons (Fsp3) is 0.792. The second kappa shape index (κ2) is 31.1. The van der Waals surface area contributed by atoms with Crippen LogP contribution in [0.25, 0.3) is 0 Å². The maximum Gasteiger partial charge on any atom is 0.303 e. The second-order valence-corrected chi connectivity index (χ2v) is 7.34. The van der Waals surface area contributed by atoms with E-state index in [0.717, 1.165) is 12.8 Å². The lowest BCUT2D eigenvalue weighted by atomic mass is 10.0. The average molecular weight is 421 g/mol. The standard InChI is InChI=1S/C7H13N.C6H9NO2.C5H9N.C4H7N.C2H6/c1-6(2)4-7(3)5-8;1-5(4-7)2-3-6(8)9;1-3-5(2)4-6;1-4(2)3-5;1-2/h6-7H,4H2,1-3H3;5H,2-3H2,1H3,(H,8,9);5H,3H2,1-2H3;4H,1-2H3;1-2H3. The Morgan fingerprint density at radius 3 is 1.27 bits per heavy atom. The monoisotopic (exact) mass is 420 g/mol. The topological polar surface area (TPSA) is 132 Å². The predicted octanol–water partition coefficient (Wildman–Crippen LogP) is 6.95. The van der Waals surface area contributed by atoms with Gasteiger partial charge in [0.25, 0.3) is 0 Å². The van der Waals surface area contributed by atoms with Crippen molar-refractivity contribution in [2.24, 2.45) is 29.6 Å². The van der Waals surface area contributed by atoms with Gasteiger partial charge in [-0.15, -0.1) is 0 Å². The number of hydrogen-bond donors (Lipinski definition) is 1. The molecule has 0 aromatic heterocycles. The van der Waals surface area contributed by atoms with Crippen molar-refractivity contribution >= 4 is 5.97 Å². The predicted molar refractivity (Wildman–Crippen MR) is 123 cm³/mol. The van der Waals surface area contributed by atoms with Gasteiger partial charge in [-0.1, -0.05) is 34.6 Å². The molecule has 6 nitrogen and oxygen atoms in total. The van der Waals surface area contributed by atoms with Gasteiger partial charge in [-0.3, -0.25) is 4.79 Å². The second-order valence-electron chi connectivity index (χ2n) is 7.34. The van der Waals surface area contributed by atoms with Crippen molar-refractivity contribution in [2.45, 2.75) is 94.9 Å². The van der Waals surface area contributed by atoms with Crippen LogP contribution in [0, 0.1) is 74.9 Å². The lowest BCUT2D eigenvalue weighted by Crippen LogP contribution is -1.98. The summed E-state index contributed by atoms with van der Waals surface area (Å²) in [5.74, 6) is 0.345. The van der Waals surface area contributed by atoms with Crippen molar-refractivity contribution in [1.82, 2.24) is 0 Å². The first-order valence-corrected chi connectivity index (χ1v) is 10.7. The van der Waals surface area contributed by atoms with E-state index < -0.39 is 5.97 Å². The maximum atomic E-state index is 9.91. The minimum absolute atomic E-state index is 0.0920. The minimum atomic E-state index is -0.836. The molecule has 0 spiro atoms. The van der Waals surface area contributed by atoms with E-state index in [0.29, 0.717) is 12.3 Å². The first-order chi connectivity index (χ1) is 13.9. The van der Waals surface area contributed by atoms with Crippen molar-refractivity contribution < 1.29 is 9.90 Å². The summed E-state index contributed by atoms with van der Waals surface area (Å²) in [6.07, 6.45) is 2.54. The van der Waals surface area contributed by atoms with Crippen LogP contribution in [-0.2, 0) is 4.79 Å². The van der Waals surface area contributed by atoms with Gasteiger partial charge >= 0.3 is 5.97 Å². The highest BCUT2D eigenvalue weighted by Gasteiger charge is 2.02. The Kier molecular flexibility index (Phi) is 39.5. The molecule has 1 N–H and O–H groups in total. The summed E-state index contributed by atoms with van der Waals surface area (Å²) in [6, 6.07) is 8.30. The summed E-state index contributed by atoms with van der Waals surface area (Å²) >= 11 is 0. The normalized spacial score (nSPS) is 11.2. The Bertz CT molecular complexity index is 531. The Morgan fingerprint density at radius 1 is 0.767 bits per heavy atom. The van der Waals surface area contributed by atoms with E-state index >= 15 is 0 Å². The Labute approximate surface area is 186 Å². The molecule has 0 fully saturated rings. The molecule has 0 aromatic rings. The summed E-state index contributed by atoms with van der Waals surface area (Å²) in [7, 11) is 0. The molecule has 0 amide bonds. The molecule has 0 aliphatic rings. The van der Waals surface area contributed by atoms with E-state index in [2.05, 4.69) is 26.0 Å². The quantitative estimate of drug-likeness (QED) is 0.494. The molecule has 3 atom stereocenters. The van der Waals surface area contributed by atoms with Gasteiger partial charge in [-0.25, -0.2) is 0 Å². The summed E-state index contributed by atoms with van der Waals surface area (Å²) < 4.78 is 0. The number of rotatable bonds is 6. The van der Waals surface area contributed by atoms with Gasteiger partial charge in [0.1, 0.15) is 0 Å². The van der Waals surface area contributed by atoms with Gasteiger partial charge in [-0.2, -0.15) is 21.0 Å². The molecule has 0 heterocycles. The van der Waals surface area contributed by atoms with Crippen LogP contribution in [0.15, 0.2) is 0 Å². The summed E-state index contributed by atoms with van der Waals surface area (Å²) in [6.45, 7) is 19.6. The van der Waals surface area contributed by atoms with Crippen molar-refractivity contribution in [2.75, 3.05) is 0 Å². The lowest BCUT2D eigenvalue weighted by Gasteiger charge is -2.03. The van der Waals surface area contributed by atoms with Crippen molar-refractivity contribution in [1.29, 1.82) is 21.0 Å². The molecule has 0 radical (unpaired) electrons. The fourth-order valence-corrected chi connectivity index (χ4v) is 1.26. The third-order valence-corrected chi connectivity index (χ3v) is 3.15. The van der Waals surface area contributed by atoms with Gasteiger partial charge in [0.05, 0.1) is 24.3 Å². The van der Waals surface area contributed by atoms with Crippen molar-refractivity contribution in [3.8, 4) is 24.3 Å². The zero-order valence-corrected chi connectivity index (χ0v) is 20.9. The smallest absolute Gasteiger partial charge is 0.303 e. The van der Waals surface area contributed by atoms with Crippen molar-refractivity contribution in [3.63, 3.8) is 0 Å². The molecular weight excluding hydrogens is 376 g/mol. The molecule has 0 saturated heterocycles. The third-order valence-electron chi connectivity index (χ3n) is 3.15. The lowest BCUT2D eigenvalue weighted by molar-refractivity contribution is -0.137. The Balaban J connectivity index is -0.0000000919. The van der Waals surface area contributed by atoms with Crippen LogP contribution in [0.4, 0.5) is 0 Å². The fourth-order valence-electron chi connectivity index (χ4n) is 1.26. The Hall–Kier alpha value is -2.57. The van der Waals surface area contributed by atoms with E-state index in [4.69, 9.17) is 26.2 Å². The van der Waals surface area contributed by atoms with Gasteiger partial charge in [0.15, 0.2) is 0 Å². The van der Waals surface area contributed by atoms with Gasteiger partial charge in [0, 0.05) is 30.1 Å². The van der Waals surface area contributed by atoms with Crippen LogP contribution in [0.2, 0.25) is 0 Å². The minimum Gasteiger partial charge on any atom is -0.481 e. The van der Waals surface area contributed by atoms with Crippen LogP contribution in [0.5, 0.6) is 0 Å². The molecule has 0 saturated carbocycles. The zero-order chi connectivity index (χ0) is 25.1. The van der Waals surface area contributed by atoms with Crippen LogP contribution >= 0.6 is 0 Å². The van der Waals surface area contributed by atoms with Gasteiger partial charge < -0.3 is 5.11 Å². The molecular formula is C24H44N4O2. The highest BCUT2D eigenvalue weighted by atomic mass is 16.4. The number of aliphatic carboxylic acids is 1. The summed E-state index contributed by atoms with van der Waals surface area (Å²) in [4.78, 5) is 9.91. The molecule has 0 aromatic carbocycles. The largest absolute Gasteiger partial charge is 0.481 e. The summed E-state index contributed by atoms with van der Waals surface area (Å²) in [5.41, 5.74) is 0. The molecule has 0 rings (SSSR count). The van der Waals surface area contributed by atoms with E-state index in [9.17, 15) is 4.79 Å². The maximum absolute atomic E-state index is 9.91. The van der Waals surface area contributed by atoms with Gasteiger partial charge in [-0.05, 0) is 59.8 Å².